The third kappa shape index (κ3) is 6.05. The second-order valence-electron chi connectivity index (χ2n) is 3.56. The van der Waals surface area contributed by atoms with Gasteiger partial charge in [-0.15, -0.1) is 0 Å². The summed E-state index contributed by atoms with van der Waals surface area (Å²) in [6.07, 6.45) is 3.03. The molecule has 0 spiro atoms. The number of rotatable bonds is 7. The van der Waals surface area contributed by atoms with E-state index in [2.05, 4.69) is 19.1 Å². The van der Waals surface area contributed by atoms with Gasteiger partial charge in [0.25, 0.3) is 0 Å². The number of hydrogen-bond acceptors (Lipinski definition) is 2. The Balaban J connectivity index is 2.14. The van der Waals surface area contributed by atoms with Crippen LogP contribution in [0.3, 0.4) is 0 Å². The molecule has 0 amide bonds. The molecule has 1 rings (SSSR count). The Hall–Kier alpha value is -0.221. The van der Waals surface area contributed by atoms with Crippen LogP contribution in [0.4, 0.5) is 0 Å². The van der Waals surface area contributed by atoms with Crippen LogP contribution in [0.5, 0.6) is 0 Å². The summed E-state index contributed by atoms with van der Waals surface area (Å²) in [4.78, 5) is 0. The van der Waals surface area contributed by atoms with Gasteiger partial charge in [0.15, 0.2) is 0 Å². The van der Waals surface area contributed by atoms with Crippen molar-refractivity contribution in [1.82, 2.24) is 0 Å². The van der Waals surface area contributed by atoms with Gasteiger partial charge in [0.1, 0.15) is 0 Å². The quantitative estimate of drug-likeness (QED) is 0.724. The van der Waals surface area contributed by atoms with Crippen LogP contribution in [0, 0.1) is 0 Å². The molecule has 0 atom stereocenters. The number of hydrogen-bond donors (Lipinski definition) is 0. The van der Waals surface area contributed by atoms with Gasteiger partial charge in [-0.25, -0.2) is 0 Å². The summed E-state index contributed by atoms with van der Waals surface area (Å²) in [5, 5.41) is 0. The fourth-order valence-corrected chi connectivity index (χ4v) is 4.51. The van der Waals surface area contributed by atoms with Gasteiger partial charge in [0, 0.05) is 0 Å². The average molecular weight is 313 g/mol. The van der Waals surface area contributed by atoms with Gasteiger partial charge < -0.3 is 0 Å². The van der Waals surface area contributed by atoms with E-state index in [9.17, 15) is 3.08 Å². The first-order valence-corrected chi connectivity index (χ1v) is 9.87. The molecule has 3 heteroatoms. The molecule has 2 nitrogen and oxygen atoms in total. The van der Waals surface area contributed by atoms with E-state index in [1.807, 2.05) is 18.2 Å². The molecule has 0 radical (unpaired) electrons. The third-order valence-corrected chi connectivity index (χ3v) is 5.91. The minimum atomic E-state index is -2.64. The van der Waals surface area contributed by atoms with Gasteiger partial charge in [-0.3, -0.25) is 0 Å². The van der Waals surface area contributed by atoms with Crippen LogP contribution < -0.4 is 0 Å². The summed E-state index contributed by atoms with van der Waals surface area (Å²) >= 11 is -2.64. The van der Waals surface area contributed by atoms with Gasteiger partial charge in [-0.1, -0.05) is 0 Å². The Morgan fingerprint density at radius 2 is 2.00 bits per heavy atom. The monoisotopic (exact) mass is 314 g/mol. The topological polar surface area (TPSA) is 26.3 Å². The molecule has 82 valence electrons. The molecule has 0 saturated carbocycles. The van der Waals surface area contributed by atoms with E-state index >= 15 is 0 Å². The molecule has 0 bridgehead atoms. The van der Waals surface area contributed by atoms with Crippen molar-refractivity contribution in [2.75, 3.05) is 6.61 Å². The minimum absolute atomic E-state index is 0.617. The van der Waals surface area contributed by atoms with Crippen molar-refractivity contribution in [3.63, 3.8) is 0 Å². The molecular formula is C12H18O2Sn. The zero-order chi connectivity index (χ0) is 10.9. The fraction of sp³-hybridized carbons (Fsp3) is 0.500. The van der Waals surface area contributed by atoms with E-state index in [0.717, 1.165) is 23.7 Å². The molecule has 1 aromatic carbocycles. The normalized spacial score (nSPS) is 10.2. The average Bonchev–Trinajstić information content (AvgIpc) is 2.28. The van der Waals surface area contributed by atoms with Crippen LogP contribution in [-0.2, 0) is 12.6 Å². The summed E-state index contributed by atoms with van der Waals surface area (Å²) in [5.74, 6) is 0. The fourth-order valence-electron chi connectivity index (χ4n) is 1.32. The van der Waals surface area contributed by atoms with Gasteiger partial charge in [-0.2, -0.15) is 0 Å². The molecule has 15 heavy (non-hydrogen) atoms. The molecule has 0 heterocycles. The van der Waals surface area contributed by atoms with E-state index in [1.165, 1.54) is 5.56 Å². The van der Waals surface area contributed by atoms with E-state index in [0.29, 0.717) is 6.61 Å². The maximum atomic E-state index is 11.4. The van der Waals surface area contributed by atoms with Crippen molar-refractivity contribution >= 4 is 20.2 Å². The Bertz CT molecular complexity index is 285. The summed E-state index contributed by atoms with van der Waals surface area (Å²) in [6.45, 7) is 2.73. The predicted octanol–water partition coefficient (Wildman–Crippen LogP) is 2.96. The van der Waals surface area contributed by atoms with Gasteiger partial charge >= 0.3 is 99.4 Å². The molecular weight excluding hydrogens is 295 g/mol. The zero-order valence-electron chi connectivity index (χ0n) is 9.24. The molecule has 0 unspecified atom stereocenters. The molecule has 0 aliphatic heterocycles. The molecule has 0 N–H and O–H groups in total. The summed E-state index contributed by atoms with van der Waals surface area (Å²) in [7, 11) is 0. The molecule has 0 fully saturated rings. The zero-order valence-corrected chi connectivity index (χ0v) is 12.1. The first-order chi connectivity index (χ1) is 7.33. The van der Waals surface area contributed by atoms with Gasteiger partial charge in [-0.05, 0) is 0 Å². The van der Waals surface area contributed by atoms with Crippen LogP contribution in [0.1, 0.15) is 25.3 Å². The summed E-state index contributed by atoms with van der Waals surface area (Å²) < 4.78 is 17.7. The third-order valence-electron chi connectivity index (χ3n) is 2.23. The van der Waals surface area contributed by atoms with E-state index < -0.39 is 20.2 Å². The second kappa shape index (κ2) is 7.99. The first kappa shape index (κ1) is 12.8. The predicted molar refractivity (Wildman–Crippen MR) is 62.3 cm³/mol. The molecule has 0 saturated heterocycles. The Labute approximate surface area is 99.3 Å². The van der Waals surface area contributed by atoms with E-state index in [4.69, 9.17) is 3.07 Å². The van der Waals surface area contributed by atoms with Crippen molar-refractivity contribution in [3.05, 3.63) is 35.9 Å². The maximum absolute atomic E-state index is 11.4. The molecule has 0 aliphatic carbocycles. The van der Waals surface area contributed by atoms with E-state index in [1.54, 1.807) is 0 Å². The Morgan fingerprint density at radius 1 is 1.27 bits per heavy atom. The van der Waals surface area contributed by atoms with Crippen molar-refractivity contribution in [2.24, 2.45) is 0 Å². The molecule has 1 aromatic rings. The van der Waals surface area contributed by atoms with Gasteiger partial charge in [0.2, 0.25) is 0 Å². The van der Waals surface area contributed by atoms with Crippen molar-refractivity contribution in [2.45, 2.75) is 30.6 Å². The number of unbranched alkanes of at least 4 members (excludes halogenated alkanes) is 1. The van der Waals surface area contributed by atoms with E-state index in [-0.39, 0.29) is 0 Å². The standard InChI is InChI=1S/C8H9O.C4H9.O.Sn/c9-7-6-8-4-2-1-3-5-8;1-3-4-2;;/h1-5H,6-7H2;1,3-4H2,2H3;;/q-1;;;+1. The molecule has 0 aromatic heterocycles. The second-order valence-corrected chi connectivity index (χ2v) is 7.93. The number of benzene rings is 1. The van der Waals surface area contributed by atoms with Crippen molar-refractivity contribution < 1.29 is 6.15 Å². The molecule has 0 aliphatic rings. The SMILES string of the molecule is CCC[CH2][Sn](=[O])[O]CCc1ccccc1. The first-order valence-electron chi connectivity index (χ1n) is 5.52. The van der Waals surface area contributed by atoms with Gasteiger partial charge in [0.05, 0.1) is 0 Å². The van der Waals surface area contributed by atoms with Crippen molar-refractivity contribution in [3.8, 4) is 0 Å². The Morgan fingerprint density at radius 3 is 2.67 bits per heavy atom. The Kier molecular flexibility index (Phi) is 6.84. The summed E-state index contributed by atoms with van der Waals surface area (Å²) in [6, 6.07) is 10.2. The van der Waals surface area contributed by atoms with Crippen LogP contribution in [-0.4, -0.2) is 26.8 Å². The summed E-state index contributed by atoms with van der Waals surface area (Å²) in [5.41, 5.74) is 1.25. The van der Waals surface area contributed by atoms with Crippen LogP contribution in [0.15, 0.2) is 30.3 Å². The van der Waals surface area contributed by atoms with Crippen molar-refractivity contribution in [1.29, 1.82) is 0 Å². The van der Waals surface area contributed by atoms with Crippen LogP contribution in [0.2, 0.25) is 4.44 Å². The van der Waals surface area contributed by atoms with Crippen LogP contribution >= 0.6 is 0 Å². The van der Waals surface area contributed by atoms with Crippen LogP contribution in [0.25, 0.3) is 0 Å².